The van der Waals surface area contributed by atoms with E-state index in [1.165, 1.54) is 0 Å². The number of hydrogen-bond acceptors (Lipinski definition) is 2. The van der Waals surface area contributed by atoms with Crippen LogP contribution in [0.4, 0.5) is 0 Å². The molecular weight excluding hydrogens is 174 g/mol. The average molecular weight is 189 g/mol. The van der Waals surface area contributed by atoms with E-state index < -0.39 is 0 Å². The Balaban J connectivity index is 1.97. The normalized spacial score (nSPS) is 30.9. The van der Waals surface area contributed by atoms with Crippen LogP contribution in [0.3, 0.4) is 0 Å². The molecule has 0 aliphatic heterocycles. The van der Waals surface area contributed by atoms with Crippen LogP contribution < -0.4 is 0 Å². The highest BCUT2D eigenvalue weighted by Crippen LogP contribution is 2.41. The Morgan fingerprint density at radius 3 is 2.71 bits per heavy atom. The second-order valence-corrected chi connectivity index (χ2v) is 3.93. The SMILES string of the molecule is CO[C@]1(C)C[C@@H]1N=Cc1ccccc1. The van der Waals surface area contributed by atoms with Crippen LogP contribution in [0.25, 0.3) is 0 Å². The van der Waals surface area contributed by atoms with Gasteiger partial charge in [-0.05, 0) is 12.5 Å². The third-order valence-corrected chi connectivity index (χ3v) is 2.81. The van der Waals surface area contributed by atoms with E-state index in [1.807, 2.05) is 24.4 Å². The molecule has 0 N–H and O–H groups in total. The summed E-state index contributed by atoms with van der Waals surface area (Å²) in [5.74, 6) is 0. The highest BCUT2D eigenvalue weighted by molar-refractivity contribution is 5.79. The van der Waals surface area contributed by atoms with Gasteiger partial charge >= 0.3 is 0 Å². The Labute approximate surface area is 84.6 Å². The van der Waals surface area contributed by atoms with Crippen molar-refractivity contribution < 1.29 is 4.74 Å². The zero-order chi connectivity index (χ0) is 10.0. The molecule has 1 aliphatic rings. The summed E-state index contributed by atoms with van der Waals surface area (Å²) in [6.45, 7) is 2.10. The molecule has 0 unspecified atom stereocenters. The number of aliphatic imine (C=N–C) groups is 1. The van der Waals surface area contributed by atoms with Crippen LogP contribution in [-0.4, -0.2) is 25.0 Å². The lowest BCUT2D eigenvalue weighted by atomic mass is 10.2. The highest BCUT2D eigenvalue weighted by atomic mass is 16.5. The fourth-order valence-corrected chi connectivity index (χ4v) is 1.47. The molecule has 0 amide bonds. The van der Waals surface area contributed by atoms with E-state index in [0.29, 0.717) is 6.04 Å². The predicted octanol–water partition coefficient (Wildman–Crippen LogP) is 2.28. The maximum atomic E-state index is 5.34. The fraction of sp³-hybridized carbons (Fsp3) is 0.417. The number of nitrogens with zero attached hydrogens (tertiary/aromatic N) is 1. The van der Waals surface area contributed by atoms with Gasteiger partial charge < -0.3 is 4.74 Å². The van der Waals surface area contributed by atoms with Gasteiger partial charge in [0.15, 0.2) is 0 Å². The molecule has 14 heavy (non-hydrogen) atoms. The van der Waals surface area contributed by atoms with E-state index in [-0.39, 0.29) is 5.60 Å². The van der Waals surface area contributed by atoms with Crippen LogP contribution in [0.5, 0.6) is 0 Å². The van der Waals surface area contributed by atoms with Gasteiger partial charge in [0.1, 0.15) is 0 Å². The lowest BCUT2D eigenvalue weighted by Crippen LogP contribution is -2.10. The Kier molecular flexibility index (Phi) is 2.38. The van der Waals surface area contributed by atoms with E-state index in [4.69, 9.17) is 4.74 Å². The number of methoxy groups -OCH3 is 1. The van der Waals surface area contributed by atoms with E-state index in [0.717, 1.165) is 12.0 Å². The Hall–Kier alpha value is -1.15. The molecule has 0 heterocycles. The maximum absolute atomic E-state index is 5.34. The molecule has 2 rings (SSSR count). The minimum atomic E-state index is -0.00865. The van der Waals surface area contributed by atoms with Crippen molar-refractivity contribution in [2.24, 2.45) is 4.99 Å². The van der Waals surface area contributed by atoms with Gasteiger partial charge in [0.05, 0.1) is 11.6 Å². The zero-order valence-corrected chi connectivity index (χ0v) is 8.60. The van der Waals surface area contributed by atoms with Gasteiger partial charge in [-0.25, -0.2) is 0 Å². The molecule has 2 nitrogen and oxygen atoms in total. The predicted molar refractivity (Wildman–Crippen MR) is 57.9 cm³/mol. The highest BCUT2D eigenvalue weighted by Gasteiger charge is 2.50. The van der Waals surface area contributed by atoms with Crippen LogP contribution in [0.2, 0.25) is 0 Å². The van der Waals surface area contributed by atoms with Crippen LogP contribution >= 0.6 is 0 Å². The largest absolute Gasteiger partial charge is 0.376 e. The van der Waals surface area contributed by atoms with Gasteiger partial charge in [-0.2, -0.15) is 0 Å². The summed E-state index contributed by atoms with van der Waals surface area (Å²) in [5.41, 5.74) is 1.14. The van der Waals surface area contributed by atoms with Crippen molar-refractivity contribution in [1.82, 2.24) is 0 Å². The van der Waals surface area contributed by atoms with E-state index >= 15 is 0 Å². The lowest BCUT2D eigenvalue weighted by molar-refractivity contribution is 0.0920. The molecule has 1 saturated carbocycles. The van der Waals surface area contributed by atoms with E-state index in [2.05, 4.69) is 24.0 Å². The standard InChI is InChI=1S/C12H15NO/c1-12(14-2)8-11(12)13-9-10-6-4-3-5-7-10/h3-7,9,11H,8H2,1-2H3/t11-,12+/m0/s1. The molecule has 1 aromatic carbocycles. The quantitative estimate of drug-likeness (QED) is 0.668. The summed E-state index contributed by atoms with van der Waals surface area (Å²) in [6.07, 6.45) is 2.96. The summed E-state index contributed by atoms with van der Waals surface area (Å²) >= 11 is 0. The summed E-state index contributed by atoms with van der Waals surface area (Å²) in [7, 11) is 1.75. The Morgan fingerprint density at radius 1 is 1.43 bits per heavy atom. The lowest BCUT2D eigenvalue weighted by Gasteiger charge is -2.04. The number of rotatable bonds is 3. The first-order valence-electron chi connectivity index (χ1n) is 4.88. The van der Waals surface area contributed by atoms with Crippen molar-refractivity contribution in [3.05, 3.63) is 35.9 Å². The third-order valence-electron chi connectivity index (χ3n) is 2.81. The topological polar surface area (TPSA) is 21.6 Å². The minimum Gasteiger partial charge on any atom is -0.376 e. The summed E-state index contributed by atoms with van der Waals surface area (Å²) in [6, 6.07) is 10.5. The Morgan fingerprint density at radius 2 is 2.14 bits per heavy atom. The molecule has 0 aromatic heterocycles. The molecule has 0 bridgehead atoms. The van der Waals surface area contributed by atoms with Crippen molar-refractivity contribution in [2.75, 3.05) is 7.11 Å². The monoisotopic (exact) mass is 189 g/mol. The summed E-state index contributed by atoms with van der Waals surface area (Å²) < 4.78 is 5.34. The number of benzene rings is 1. The summed E-state index contributed by atoms with van der Waals surface area (Å²) in [5, 5.41) is 0. The van der Waals surface area contributed by atoms with Crippen molar-refractivity contribution in [2.45, 2.75) is 25.0 Å². The van der Waals surface area contributed by atoms with Gasteiger partial charge in [-0.3, -0.25) is 4.99 Å². The van der Waals surface area contributed by atoms with Gasteiger partial charge in [0, 0.05) is 19.7 Å². The fourth-order valence-electron chi connectivity index (χ4n) is 1.47. The molecule has 0 saturated heterocycles. The van der Waals surface area contributed by atoms with Crippen molar-refractivity contribution in [1.29, 1.82) is 0 Å². The first-order valence-corrected chi connectivity index (χ1v) is 4.88. The minimum absolute atomic E-state index is 0.00865. The van der Waals surface area contributed by atoms with E-state index in [1.54, 1.807) is 7.11 Å². The van der Waals surface area contributed by atoms with E-state index in [9.17, 15) is 0 Å². The molecule has 1 aliphatic carbocycles. The summed E-state index contributed by atoms with van der Waals surface area (Å²) in [4.78, 5) is 4.48. The molecule has 0 spiro atoms. The zero-order valence-electron chi connectivity index (χ0n) is 8.60. The second kappa shape index (κ2) is 3.54. The van der Waals surface area contributed by atoms with Crippen molar-refractivity contribution in [3.63, 3.8) is 0 Å². The third kappa shape index (κ3) is 1.85. The van der Waals surface area contributed by atoms with Crippen LogP contribution in [0.15, 0.2) is 35.3 Å². The maximum Gasteiger partial charge on any atom is 0.0895 e. The second-order valence-electron chi connectivity index (χ2n) is 3.93. The smallest absolute Gasteiger partial charge is 0.0895 e. The molecule has 74 valence electrons. The van der Waals surface area contributed by atoms with Gasteiger partial charge in [0.25, 0.3) is 0 Å². The molecule has 1 fully saturated rings. The van der Waals surface area contributed by atoms with Crippen molar-refractivity contribution >= 4 is 6.21 Å². The Bertz CT molecular complexity index is 333. The first kappa shape index (κ1) is 9.41. The number of hydrogen-bond donors (Lipinski definition) is 0. The average Bonchev–Trinajstić information content (AvgIpc) is 2.90. The van der Waals surface area contributed by atoms with Gasteiger partial charge in [-0.1, -0.05) is 30.3 Å². The molecule has 1 aromatic rings. The van der Waals surface area contributed by atoms with Crippen LogP contribution in [-0.2, 0) is 4.74 Å². The van der Waals surface area contributed by atoms with Gasteiger partial charge in [0.2, 0.25) is 0 Å². The van der Waals surface area contributed by atoms with Crippen LogP contribution in [0, 0.1) is 0 Å². The van der Waals surface area contributed by atoms with Gasteiger partial charge in [-0.15, -0.1) is 0 Å². The molecule has 2 heteroatoms. The van der Waals surface area contributed by atoms with Crippen LogP contribution in [0.1, 0.15) is 18.9 Å². The first-order chi connectivity index (χ1) is 6.74. The molecule has 0 radical (unpaired) electrons. The number of ether oxygens (including phenoxy) is 1. The molecular formula is C12H15NO. The molecule has 2 atom stereocenters. The van der Waals surface area contributed by atoms with Crippen molar-refractivity contribution in [3.8, 4) is 0 Å².